The van der Waals surface area contributed by atoms with E-state index >= 15 is 0 Å². The predicted octanol–water partition coefficient (Wildman–Crippen LogP) is 2.02. The molecule has 5 heteroatoms. The van der Waals surface area contributed by atoms with E-state index in [9.17, 15) is 4.79 Å². The van der Waals surface area contributed by atoms with E-state index in [0.29, 0.717) is 24.6 Å². The van der Waals surface area contributed by atoms with Crippen molar-refractivity contribution in [1.29, 1.82) is 0 Å². The first kappa shape index (κ1) is 16.1. The van der Waals surface area contributed by atoms with Crippen LogP contribution in [0.4, 0.5) is 11.4 Å². The molecule has 0 atom stereocenters. The van der Waals surface area contributed by atoms with Gasteiger partial charge in [-0.2, -0.15) is 0 Å². The van der Waals surface area contributed by atoms with Crippen molar-refractivity contribution in [3.05, 3.63) is 18.2 Å². The van der Waals surface area contributed by atoms with Crippen LogP contribution in [-0.2, 0) is 4.79 Å². The van der Waals surface area contributed by atoms with Crippen molar-refractivity contribution in [1.82, 2.24) is 5.32 Å². The molecule has 112 valence electrons. The lowest BCUT2D eigenvalue weighted by Crippen LogP contribution is -2.40. The number of carbonyl (C=O) groups excluding carboxylic acids is 1. The van der Waals surface area contributed by atoms with Crippen LogP contribution in [0.1, 0.15) is 27.7 Å². The number of benzene rings is 1. The molecule has 0 saturated heterocycles. The second-order valence-electron chi connectivity index (χ2n) is 4.86. The second kappa shape index (κ2) is 7.62. The number of para-hydroxylation sites is 1. The summed E-state index contributed by atoms with van der Waals surface area (Å²) in [6.07, 6.45) is 0. The Hall–Kier alpha value is -1.91. The van der Waals surface area contributed by atoms with E-state index in [0.717, 1.165) is 5.69 Å². The molecule has 1 aromatic rings. The monoisotopic (exact) mass is 279 g/mol. The average Bonchev–Trinajstić information content (AvgIpc) is 2.38. The molecule has 1 amide bonds. The van der Waals surface area contributed by atoms with Gasteiger partial charge in [0.1, 0.15) is 5.75 Å². The summed E-state index contributed by atoms with van der Waals surface area (Å²) in [7, 11) is 0. The van der Waals surface area contributed by atoms with Crippen molar-refractivity contribution >= 4 is 17.3 Å². The zero-order chi connectivity index (χ0) is 15.1. The van der Waals surface area contributed by atoms with Gasteiger partial charge in [-0.25, -0.2) is 0 Å². The standard InChI is InChI=1S/C15H25N3O2/c1-5-18(10-14(19)17-11(3)4)12-8-7-9-13(15(12)16)20-6-2/h7-9,11H,5-6,10,16H2,1-4H3,(H,17,19). The summed E-state index contributed by atoms with van der Waals surface area (Å²) >= 11 is 0. The van der Waals surface area contributed by atoms with Crippen molar-refractivity contribution in [3.8, 4) is 5.75 Å². The number of anilines is 2. The highest BCUT2D eigenvalue weighted by Gasteiger charge is 2.15. The number of nitrogen functional groups attached to an aromatic ring is 1. The number of hydrogen-bond acceptors (Lipinski definition) is 4. The summed E-state index contributed by atoms with van der Waals surface area (Å²) < 4.78 is 5.49. The SMILES string of the molecule is CCOc1cccc(N(CC)CC(=O)NC(C)C)c1N. The Morgan fingerprint density at radius 2 is 2.10 bits per heavy atom. The van der Waals surface area contributed by atoms with Crippen LogP contribution in [0.25, 0.3) is 0 Å². The number of amides is 1. The summed E-state index contributed by atoms with van der Waals surface area (Å²) in [6, 6.07) is 5.77. The minimum atomic E-state index is -0.0111. The molecule has 0 aromatic heterocycles. The molecular weight excluding hydrogens is 254 g/mol. The number of nitrogens with two attached hydrogens (primary N) is 1. The minimum Gasteiger partial charge on any atom is -0.492 e. The third-order valence-corrected chi connectivity index (χ3v) is 2.85. The molecule has 0 aliphatic carbocycles. The second-order valence-corrected chi connectivity index (χ2v) is 4.86. The Labute approximate surface area is 121 Å². The van der Waals surface area contributed by atoms with Crippen LogP contribution in [0.2, 0.25) is 0 Å². The molecule has 0 aliphatic rings. The van der Waals surface area contributed by atoms with E-state index in [1.165, 1.54) is 0 Å². The average molecular weight is 279 g/mol. The fraction of sp³-hybridized carbons (Fsp3) is 0.533. The predicted molar refractivity (Wildman–Crippen MR) is 83.2 cm³/mol. The first-order valence-corrected chi connectivity index (χ1v) is 7.05. The van der Waals surface area contributed by atoms with E-state index in [2.05, 4.69) is 5.32 Å². The molecule has 0 saturated carbocycles. The van der Waals surface area contributed by atoms with Gasteiger partial charge in [-0.1, -0.05) is 6.07 Å². The van der Waals surface area contributed by atoms with Gasteiger partial charge in [-0.05, 0) is 39.8 Å². The summed E-state index contributed by atoms with van der Waals surface area (Å²) in [5.41, 5.74) is 7.53. The molecule has 0 bridgehead atoms. The smallest absolute Gasteiger partial charge is 0.239 e. The molecular formula is C15H25N3O2. The number of nitrogens with one attached hydrogen (secondary N) is 1. The number of nitrogens with zero attached hydrogens (tertiary/aromatic N) is 1. The van der Waals surface area contributed by atoms with Crippen molar-refractivity contribution in [3.63, 3.8) is 0 Å². The zero-order valence-corrected chi connectivity index (χ0v) is 12.8. The van der Waals surface area contributed by atoms with Gasteiger partial charge in [-0.15, -0.1) is 0 Å². The molecule has 1 aromatic carbocycles. The molecule has 0 fully saturated rings. The highest BCUT2D eigenvalue weighted by Crippen LogP contribution is 2.32. The zero-order valence-electron chi connectivity index (χ0n) is 12.8. The molecule has 5 nitrogen and oxygen atoms in total. The lowest BCUT2D eigenvalue weighted by Gasteiger charge is -2.25. The van der Waals surface area contributed by atoms with Crippen LogP contribution < -0.4 is 20.7 Å². The summed E-state index contributed by atoms with van der Waals surface area (Å²) in [6.45, 7) is 9.35. The number of hydrogen-bond donors (Lipinski definition) is 2. The van der Waals surface area contributed by atoms with Crippen molar-refractivity contribution in [2.24, 2.45) is 0 Å². The minimum absolute atomic E-state index is 0.0111. The molecule has 0 radical (unpaired) electrons. The van der Waals surface area contributed by atoms with Gasteiger partial charge in [0, 0.05) is 12.6 Å². The maximum Gasteiger partial charge on any atom is 0.239 e. The molecule has 0 heterocycles. The van der Waals surface area contributed by atoms with E-state index in [1.54, 1.807) is 0 Å². The van der Waals surface area contributed by atoms with Crippen molar-refractivity contribution in [2.75, 3.05) is 30.3 Å². The molecule has 0 spiro atoms. The number of carbonyl (C=O) groups is 1. The maximum absolute atomic E-state index is 11.9. The molecule has 0 aliphatic heterocycles. The van der Waals surface area contributed by atoms with Gasteiger partial charge < -0.3 is 20.7 Å². The van der Waals surface area contributed by atoms with Gasteiger partial charge in [-0.3, -0.25) is 4.79 Å². The fourth-order valence-corrected chi connectivity index (χ4v) is 2.00. The van der Waals surface area contributed by atoms with Gasteiger partial charge in [0.25, 0.3) is 0 Å². The van der Waals surface area contributed by atoms with E-state index in [1.807, 2.05) is 50.8 Å². The Balaban J connectivity index is 2.89. The van der Waals surface area contributed by atoms with Crippen LogP contribution >= 0.6 is 0 Å². The lowest BCUT2D eigenvalue weighted by atomic mass is 10.2. The highest BCUT2D eigenvalue weighted by molar-refractivity contribution is 5.84. The Morgan fingerprint density at radius 3 is 2.65 bits per heavy atom. The molecule has 0 unspecified atom stereocenters. The third-order valence-electron chi connectivity index (χ3n) is 2.85. The third kappa shape index (κ3) is 4.33. The fourth-order valence-electron chi connectivity index (χ4n) is 2.00. The van der Waals surface area contributed by atoms with Gasteiger partial charge in [0.05, 0.1) is 24.5 Å². The quantitative estimate of drug-likeness (QED) is 0.749. The van der Waals surface area contributed by atoms with Crippen LogP contribution in [0.15, 0.2) is 18.2 Å². The van der Waals surface area contributed by atoms with Gasteiger partial charge in [0.2, 0.25) is 5.91 Å². The molecule has 20 heavy (non-hydrogen) atoms. The van der Waals surface area contributed by atoms with E-state index in [4.69, 9.17) is 10.5 Å². The Morgan fingerprint density at radius 1 is 1.40 bits per heavy atom. The normalized spacial score (nSPS) is 10.4. The number of ether oxygens (including phenoxy) is 1. The number of rotatable bonds is 7. The number of likely N-dealkylation sites (N-methyl/N-ethyl adjacent to an activating group) is 1. The largest absolute Gasteiger partial charge is 0.492 e. The van der Waals surface area contributed by atoms with Crippen LogP contribution in [0.5, 0.6) is 5.75 Å². The van der Waals surface area contributed by atoms with E-state index in [-0.39, 0.29) is 18.5 Å². The van der Waals surface area contributed by atoms with Crippen LogP contribution in [-0.4, -0.2) is 31.6 Å². The van der Waals surface area contributed by atoms with Crippen molar-refractivity contribution in [2.45, 2.75) is 33.7 Å². The maximum atomic E-state index is 11.9. The highest BCUT2D eigenvalue weighted by atomic mass is 16.5. The van der Waals surface area contributed by atoms with Gasteiger partial charge in [0.15, 0.2) is 0 Å². The molecule has 3 N–H and O–H groups in total. The first-order valence-electron chi connectivity index (χ1n) is 7.05. The first-order chi connectivity index (χ1) is 9.49. The molecule has 1 rings (SSSR count). The van der Waals surface area contributed by atoms with Gasteiger partial charge >= 0.3 is 0 Å². The Kier molecular flexibility index (Phi) is 6.15. The summed E-state index contributed by atoms with van der Waals surface area (Å²) in [5.74, 6) is 0.649. The topological polar surface area (TPSA) is 67.6 Å². The van der Waals surface area contributed by atoms with Crippen molar-refractivity contribution < 1.29 is 9.53 Å². The van der Waals surface area contributed by atoms with Crippen LogP contribution in [0, 0.1) is 0 Å². The lowest BCUT2D eigenvalue weighted by molar-refractivity contribution is -0.120. The summed E-state index contributed by atoms with van der Waals surface area (Å²) in [5, 5.41) is 2.88. The van der Waals surface area contributed by atoms with Crippen LogP contribution in [0.3, 0.4) is 0 Å². The summed E-state index contributed by atoms with van der Waals surface area (Å²) in [4.78, 5) is 13.8. The Bertz CT molecular complexity index is 447. The van der Waals surface area contributed by atoms with E-state index < -0.39 is 0 Å².